The van der Waals surface area contributed by atoms with Gasteiger partial charge in [0.25, 0.3) is 0 Å². The van der Waals surface area contributed by atoms with Crippen LogP contribution in [-0.4, -0.2) is 23.0 Å². The minimum atomic E-state index is -1.47. The van der Waals surface area contributed by atoms with Gasteiger partial charge >= 0.3 is 0 Å². The molecule has 1 rings (SSSR count). The summed E-state index contributed by atoms with van der Waals surface area (Å²) in [6, 6.07) is 10.4. The Labute approximate surface area is 114 Å². The van der Waals surface area contributed by atoms with Crippen LogP contribution < -0.4 is 0 Å². The van der Waals surface area contributed by atoms with Crippen LogP contribution in [-0.2, 0) is 4.43 Å². The van der Waals surface area contributed by atoms with E-state index < -0.39 is 16.4 Å². The highest BCUT2D eigenvalue weighted by Crippen LogP contribution is 2.20. The van der Waals surface area contributed by atoms with Crippen molar-refractivity contribution in [3.63, 3.8) is 0 Å². The van der Waals surface area contributed by atoms with Crippen molar-refractivity contribution in [2.75, 3.05) is 6.61 Å². The topological polar surface area (TPSA) is 9.23 Å². The molecule has 0 radical (unpaired) electrons. The van der Waals surface area contributed by atoms with Crippen molar-refractivity contribution < 1.29 is 4.43 Å². The summed E-state index contributed by atoms with van der Waals surface area (Å²) < 4.78 is 6.11. The average Bonchev–Trinajstić information content (AvgIpc) is 2.23. The maximum Gasteiger partial charge on any atom is 0.184 e. The van der Waals surface area contributed by atoms with Gasteiger partial charge < -0.3 is 4.43 Å². The Hall–Kier alpha value is -0.646. The third-order valence-electron chi connectivity index (χ3n) is 2.64. The summed E-state index contributed by atoms with van der Waals surface area (Å²) in [5.74, 6) is 0. The minimum Gasteiger partial charge on any atom is -0.414 e. The summed E-state index contributed by atoms with van der Waals surface area (Å²) in [7, 11) is -2.47. The highest BCUT2D eigenvalue weighted by molar-refractivity contribution is 6.92. The van der Waals surface area contributed by atoms with Crippen molar-refractivity contribution in [1.82, 2.24) is 0 Å². The van der Waals surface area contributed by atoms with Crippen LogP contribution in [0.2, 0.25) is 38.4 Å². The predicted molar refractivity (Wildman–Crippen MR) is 87.1 cm³/mol. The SMILES string of the molecule is C[Si](C)(C)C[Si](C)(C)OC/C=C/c1ccccc1. The number of hydrogen-bond donors (Lipinski definition) is 0. The Morgan fingerprint density at radius 2 is 1.61 bits per heavy atom. The molecule has 0 bridgehead atoms. The van der Waals surface area contributed by atoms with Crippen LogP contribution in [0.15, 0.2) is 36.4 Å². The lowest BCUT2D eigenvalue weighted by Crippen LogP contribution is -2.40. The molecule has 3 heteroatoms. The Balaban J connectivity index is 2.39. The van der Waals surface area contributed by atoms with Crippen LogP contribution in [0.1, 0.15) is 5.56 Å². The zero-order chi connectivity index (χ0) is 13.6. The maximum absolute atomic E-state index is 6.11. The Morgan fingerprint density at radius 1 is 1.00 bits per heavy atom. The van der Waals surface area contributed by atoms with Crippen LogP contribution in [0, 0.1) is 0 Å². The van der Waals surface area contributed by atoms with Crippen molar-refractivity contribution in [3.05, 3.63) is 42.0 Å². The van der Waals surface area contributed by atoms with E-state index in [2.05, 4.69) is 69.2 Å². The molecule has 0 amide bonds. The third kappa shape index (κ3) is 6.94. The fourth-order valence-corrected chi connectivity index (χ4v) is 13.5. The fourth-order valence-electron chi connectivity index (χ4n) is 2.35. The molecule has 0 aliphatic heterocycles. The van der Waals surface area contributed by atoms with E-state index in [9.17, 15) is 0 Å². The molecule has 0 fully saturated rings. The second-order valence-electron chi connectivity index (χ2n) is 6.62. The van der Waals surface area contributed by atoms with E-state index in [0.717, 1.165) is 6.61 Å². The fraction of sp³-hybridized carbons (Fsp3) is 0.467. The predicted octanol–water partition coefficient (Wildman–Crippen LogP) is 4.80. The Morgan fingerprint density at radius 3 is 2.17 bits per heavy atom. The third-order valence-corrected chi connectivity index (χ3v) is 11.2. The normalized spacial score (nSPS) is 13.2. The molecule has 1 nitrogen and oxygen atoms in total. The number of rotatable bonds is 6. The van der Waals surface area contributed by atoms with Crippen molar-refractivity contribution in [1.29, 1.82) is 0 Å². The molecule has 0 saturated carbocycles. The monoisotopic (exact) mass is 278 g/mol. The van der Waals surface area contributed by atoms with E-state index in [1.54, 1.807) is 0 Å². The van der Waals surface area contributed by atoms with Gasteiger partial charge in [0.1, 0.15) is 0 Å². The first-order valence-electron chi connectivity index (χ1n) is 6.64. The molecular weight excluding hydrogens is 252 g/mol. The van der Waals surface area contributed by atoms with Gasteiger partial charge in [0.15, 0.2) is 8.32 Å². The summed E-state index contributed by atoms with van der Waals surface area (Å²) in [6.07, 6.45) is 4.27. The summed E-state index contributed by atoms with van der Waals surface area (Å²) in [6.45, 7) is 12.7. The van der Waals surface area contributed by atoms with Gasteiger partial charge in [-0.2, -0.15) is 0 Å². The quantitative estimate of drug-likeness (QED) is 0.679. The van der Waals surface area contributed by atoms with E-state index in [1.807, 2.05) is 6.07 Å². The van der Waals surface area contributed by atoms with E-state index in [-0.39, 0.29) is 0 Å². The lowest BCUT2D eigenvalue weighted by molar-refractivity contribution is 0.356. The van der Waals surface area contributed by atoms with Crippen LogP contribution in [0.4, 0.5) is 0 Å². The van der Waals surface area contributed by atoms with Crippen molar-refractivity contribution in [2.45, 2.75) is 38.4 Å². The van der Waals surface area contributed by atoms with Crippen LogP contribution >= 0.6 is 0 Å². The molecule has 0 spiro atoms. The van der Waals surface area contributed by atoms with Crippen molar-refractivity contribution >= 4 is 22.5 Å². The van der Waals surface area contributed by atoms with E-state index in [0.29, 0.717) is 0 Å². The largest absolute Gasteiger partial charge is 0.414 e. The summed E-state index contributed by atoms with van der Waals surface area (Å²) in [4.78, 5) is 0. The van der Waals surface area contributed by atoms with E-state index in [1.165, 1.54) is 11.2 Å². The van der Waals surface area contributed by atoms with E-state index >= 15 is 0 Å². The molecule has 0 N–H and O–H groups in total. The standard InChI is InChI=1S/C15H26OSi2/c1-17(2,3)14-18(4,5)16-13-9-12-15-10-7-6-8-11-15/h6-12H,13-14H2,1-5H3/b12-9+. The zero-order valence-electron chi connectivity index (χ0n) is 12.4. The zero-order valence-corrected chi connectivity index (χ0v) is 14.4. The van der Waals surface area contributed by atoms with Gasteiger partial charge in [-0.15, -0.1) is 0 Å². The molecule has 1 aromatic carbocycles. The second-order valence-corrected chi connectivity index (χ2v) is 17.0. The Bertz CT molecular complexity index is 377. The van der Waals surface area contributed by atoms with Gasteiger partial charge in [-0.05, 0) is 24.3 Å². The average molecular weight is 279 g/mol. The molecule has 0 aromatic heterocycles. The first kappa shape index (κ1) is 15.4. The second kappa shape index (κ2) is 6.50. The molecule has 0 atom stereocenters. The molecular formula is C15H26OSi2. The first-order chi connectivity index (χ1) is 8.29. The maximum atomic E-state index is 6.11. The molecule has 0 aliphatic carbocycles. The van der Waals surface area contributed by atoms with Gasteiger partial charge in [0.2, 0.25) is 0 Å². The van der Waals surface area contributed by atoms with Gasteiger partial charge in [0, 0.05) is 8.07 Å². The molecule has 1 aromatic rings. The highest BCUT2D eigenvalue weighted by atomic mass is 28.4. The Kier molecular flexibility index (Phi) is 5.57. The van der Waals surface area contributed by atoms with Crippen molar-refractivity contribution in [3.8, 4) is 0 Å². The highest BCUT2D eigenvalue weighted by Gasteiger charge is 2.29. The number of hydrogen-bond acceptors (Lipinski definition) is 1. The first-order valence-corrected chi connectivity index (χ1v) is 13.5. The van der Waals surface area contributed by atoms with Gasteiger partial charge in [0.05, 0.1) is 6.61 Å². The summed E-state index contributed by atoms with van der Waals surface area (Å²) in [5, 5.41) is 0. The van der Waals surface area contributed by atoms with Crippen molar-refractivity contribution in [2.24, 2.45) is 0 Å². The lowest BCUT2D eigenvalue weighted by Gasteiger charge is -2.28. The molecule has 0 saturated heterocycles. The van der Waals surface area contributed by atoms with Gasteiger partial charge in [-0.25, -0.2) is 0 Å². The molecule has 18 heavy (non-hydrogen) atoms. The molecule has 100 valence electrons. The van der Waals surface area contributed by atoms with Crippen LogP contribution in [0.25, 0.3) is 6.08 Å². The summed E-state index contributed by atoms with van der Waals surface area (Å²) >= 11 is 0. The molecule has 0 unspecified atom stereocenters. The van der Waals surface area contributed by atoms with E-state index in [4.69, 9.17) is 4.43 Å². The van der Waals surface area contributed by atoms with Crippen LogP contribution in [0.3, 0.4) is 0 Å². The molecule has 0 heterocycles. The van der Waals surface area contributed by atoms with Gasteiger partial charge in [-0.3, -0.25) is 0 Å². The molecule has 0 aliphatic rings. The van der Waals surface area contributed by atoms with Gasteiger partial charge in [-0.1, -0.05) is 62.1 Å². The number of benzene rings is 1. The minimum absolute atomic E-state index is 0.749. The summed E-state index contributed by atoms with van der Waals surface area (Å²) in [5.41, 5.74) is 2.57. The van der Waals surface area contributed by atoms with Crippen LogP contribution in [0.5, 0.6) is 0 Å². The lowest BCUT2D eigenvalue weighted by atomic mass is 10.2. The smallest absolute Gasteiger partial charge is 0.184 e.